The summed E-state index contributed by atoms with van der Waals surface area (Å²) in [7, 11) is 0. The second kappa shape index (κ2) is 13.7. The molecule has 1 atom stereocenters. The van der Waals surface area contributed by atoms with Gasteiger partial charge in [0, 0.05) is 64.8 Å². The molecule has 4 rings (SSSR count). The number of nitrogens with one attached hydrogen (secondary N) is 3. The zero-order chi connectivity index (χ0) is 24.9. The maximum Gasteiger partial charge on any atom is 0.217 e. The molecule has 0 aliphatic carbocycles. The summed E-state index contributed by atoms with van der Waals surface area (Å²) in [5, 5.41) is 9.81. The third kappa shape index (κ3) is 8.10. The molecular weight excluding hydrogens is 434 g/mol. The smallest absolute Gasteiger partial charge is 0.217 e. The Hall–Kier alpha value is -3.93. The van der Waals surface area contributed by atoms with Crippen LogP contribution in [0.5, 0.6) is 0 Å². The summed E-state index contributed by atoms with van der Waals surface area (Å²) in [6.45, 7) is 9.05. The van der Waals surface area contributed by atoms with Gasteiger partial charge >= 0.3 is 0 Å². The Kier molecular flexibility index (Phi) is 10.1. The van der Waals surface area contributed by atoms with E-state index in [-0.39, 0.29) is 16.2 Å². The maximum atomic E-state index is 11.2. The Morgan fingerprint density at radius 1 is 1.26 bits per heavy atom. The third-order valence-electron chi connectivity index (χ3n) is 5.81. The Bertz CT molecular complexity index is 1170. The van der Waals surface area contributed by atoms with E-state index in [1.807, 2.05) is 48.8 Å². The number of unbranched alkanes of at least 4 members (excludes halogenated alkanes) is 1. The van der Waals surface area contributed by atoms with Gasteiger partial charge in [0.1, 0.15) is 0 Å². The van der Waals surface area contributed by atoms with Crippen LogP contribution in [0.4, 0.5) is 0 Å². The van der Waals surface area contributed by atoms with Crippen molar-refractivity contribution in [3.63, 3.8) is 0 Å². The summed E-state index contributed by atoms with van der Waals surface area (Å²) < 4.78 is 0. The minimum absolute atomic E-state index is 0. The second-order valence-corrected chi connectivity index (χ2v) is 8.50. The molecule has 1 aromatic carbocycles. The monoisotopic (exact) mass is 475 g/mol. The van der Waals surface area contributed by atoms with Crippen LogP contribution in [-0.4, -0.2) is 32.8 Å². The van der Waals surface area contributed by atoms with E-state index in [2.05, 4.69) is 56.9 Å². The number of aliphatic imine (C=N–C) groups is 1. The lowest BCUT2D eigenvalue weighted by Gasteiger charge is -2.16. The number of fused-ring (bicyclic) bond motifs is 1. The number of carbonyl (C=O) groups excluding carboxylic acids is 1. The maximum absolute atomic E-state index is 11.2. The van der Waals surface area contributed by atoms with Crippen molar-refractivity contribution in [2.24, 2.45) is 4.99 Å². The van der Waals surface area contributed by atoms with Gasteiger partial charge in [0.25, 0.3) is 0 Å². The quantitative estimate of drug-likeness (QED) is 0.218. The van der Waals surface area contributed by atoms with E-state index in [4.69, 9.17) is 0 Å². The highest BCUT2D eigenvalue weighted by Gasteiger charge is 2.12. The SMILES string of the molecule is C=CC[C@@H](CCCCC1=NC=CCc2[nH]ccc21)NC(C)=O.C=Cc1cccc(-c2ccn[nH]2)c1.[HH].[HH].[HH]. The van der Waals surface area contributed by atoms with Gasteiger partial charge < -0.3 is 10.3 Å². The van der Waals surface area contributed by atoms with Gasteiger partial charge in [0.15, 0.2) is 0 Å². The first-order valence-corrected chi connectivity index (χ1v) is 12.1. The minimum Gasteiger partial charge on any atom is -0.364 e. The van der Waals surface area contributed by atoms with Crippen LogP contribution < -0.4 is 5.32 Å². The number of hydrogen-bond donors (Lipinski definition) is 3. The van der Waals surface area contributed by atoms with Crippen molar-refractivity contribution in [2.45, 2.75) is 51.5 Å². The Morgan fingerprint density at radius 3 is 2.89 bits per heavy atom. The van der Waals surface area contributed by atoms with Crippen molar-refractivity contribution in [3.8, 4) is 11.3 Å². The van der Waals surface area contributed by atoms with E-state index in [9.17, 15) is 4.79 Å². The molecular formula is C29H41N5O. The molecule has 0 saturated carbocycles. The molecule has 0 saturated heterocycles. The highest BCUT2D eigenvalue weighted by molar-refractivity contribution is 6.02. The zero-order valence-electron chi connectivity index (χ0n) is 20.5. The molecule has 3 aromatic rings. The number of carbonyl (C=O) groups is 1. The number of aromatic nitrogens is 3. The Labute approximate surface area is 212 Å². The van der Waals surface area contributed by atoms with Crippen molar-refractivity contribution in [2.75, 3.05) is 0 Å². The molecule has 1 aliphatic heterocycles. The predicted octanol–water partition coefficient (Wildman–Crippen LogP) is 6.97. The largest absolute Gasteiger partial charge is 0.364 e. The van der Waals surface area contributed by atoms with Crippen LogP contribution in [-0.2, 0) is 11.2 Å². The molecule has 0 spiro atoms. The second-order valence-electron chi connectivity index (χ2n) is 8.50. The van der Waals surface area contributed by atoms with Crippen molar-refractivity contribution >= 4 is 17.7 Å². The van der Waals surface area contributed by atoms with E-state index in [1.165, 1.54) is 11.3 Å². The van der Waals surface area contributed by atoms with E-state index in [0.29, 0.717) is 0 Å². The molecule has 6 heteroatoms. The van der Waals surface area contributed by atoms with Gasteiger partial charge in [-0.05, 0) is 49.4 Å². The summed E-state index contributed by atoms with van der Waals surface area (Å²) in [5.74, 6) is 0.0297. The minimum atomic E-state index is 0. The molecule has 0 unspecified atom stereocenters. The summed E-state index contributed by atoms with van der Waals surface area (Å²) in [6.07, 6.45) is 17.3. The lowest BCUT2D eigenvalue weighted by Crippen LogP contribution is -2.32. The van der Waals surface area contributed by atoms with E-state index >= 15 is 0 Å². The highest BCUT2D eigenvalue weighted by Crippen LogP contribution is 2.19. The number of hydrogen-bond acceptors (Lipinski definition) is 3. The Balaban J connectivity index is 0.000000739. The molecule has 35 heavy (non-hydrogen) atoms. The van der Waals surface area contributed by atoms with Gasteiger partial charge in [-0.3, -0.25) is 14.9 Å². The molecule has 2 aromatic heterocycles. The number of nitrogens with zero attached hydrogens (tertiary/aromatic N) is 2. The number of amides is 1. The summed E-state index contributed by atoms with van der Waals surface area (Å²) in [5.41, 5.74) is 6.93. The molecule has 0 bridgehead atoms. The first-order valence-electron chi connectivity index (χ1n) is 12.1. The topological polar surface area (TPSA) is 85.9 Å². The normalized spacial score (nSPS) is 12.9. The van der Waals surface area contributed by atoms with Crippen LogP contribution in [0.1, 0.15) is 60.1 Å². The van der Waals surface area contributed by atoms with E-state index in [0.717, 1.165) is 61.1 Å². The van der Waals surface area contributed by atoms with Crippen LogP contribution in [0.15, 0.2) is 85.3 Å². The lowest BCUT2D eigenvalue weighted by molar-refractivity contribution is -0.119. The molecule has 0 radical (unpaired) electrons. The number of allylic oxidation sites excluding steroid dienone is 1. The molecule has 0 fully saturated rings. The summed E-state index contributed by atoms with van der Waals surface area (Å²) >= 11 is 0. The van der Waals surface area contributed by atoms with E-state index < -0.39 is 0 Å². The lowest BCUT2D eigenvalue weighted by atomic mass is 10.0. The molecule has 6 nitrogen and oxygen atoms in total. The van der Waals surface area contributed by atoms with Crippen molar-refractivity contribution in [1.82, 2.24) is 20.5 Å². The average Bonchev–Trinajstić information content (AvgIpc) is 3.53. The molecule has 3 N–H and O–H groups in total. The van der Waals surface area contributed by atoms with Gasteiger partial charge in [-0.1, -0.05) is 49.4 Å². The van der Waals surface area contributed by atoms with Crippen LogP contribution in [0.25, 0.3) is 17.3 Å². The first kappa shape index (κ1) is 25.7. The molecule has 1 aliphatic rings. The summed E-state index contributed by atoms with van der Waals surface area (Å²) in [4.78, 5) is 19.0. The number of H-pyrrole nitrogens is 2. The van der Waals surface area contributed by atoms with Crippen molar-refractivity contribution < 1.29 is 9.07 Å². The number of rotatable bonds is 10. The van der Waals surface area contributed by atoms with Gasteiger partial charge in [0.2, 0.25) is 5.91 Å². The zero-order valence-corrected chi connectivity index (χ0v) is 20.5. The van der Waals surface area contributed by atoms with Crippen LogP contribution in [0.3, 0.4) is 0 Å². The van der Waals surface area contributed by atoms with Crippen molar-refractivity contribution in [1.29, 1.82) is 0 Å². The Morgan fingerprint density at radius 2 is 2.14 bits per heavy atom. The molecule has 1 amide bonds. The first-order chi connectivity index (χ1) is 17.1. The van der Waals surface area contributed by atoms with Gasteiger partial charge in [-0.15, -0.1) is 6.58 Å². The fourth-order valence-electron chi connectivity index (χ4n) is 4.10. The van der Waals surface area contributed by atoms with Crippen molar-refractivity contribution in [3.05, 3.63) is 97.1 Å². The molecule has 3 heterocycles. The van der Waals surface area contributed by atoms with Gasteiger partial charge in [-0.25, -0.2) is 0 Å². The fraction of sp³-hybridized carbons (Fsp3) is 0.276. The van der Waals surface area contributed by atoms with Crippen LogP contribution >= 0.6 is 0 Å². The standard InChI is InChI=1S/C18H25N3O.C11H10N2.3H2/c1-3-7-15(21-14(2)22)8-4-5-9-17-16-11-13-20-18(16)10-6-12-19-17;1-2-9-4-3-5-10(8-9)11-6-7-12-13-11;;;/h3,6,11-13,15,20H,1,4-5,7-10H2,2H3,(H,21,22);2-8H,1H2,(H,12,13);3*1H/t15-;;;;/m0..../s1. The summed E-state index contributed by atoms with van der Waals surface area (Å²) in [6, 6.07) is 12.4. The third-order valence-corrected chi connectivity index (χ3v) is 5.81. The molecule has 188 valence electrons. The highest BCUT2D eigenvalue weighted by atomic mass is 16.1. The number of aromatic amines is 2. The van der Waals surface area contributed by atoms with Gasteiger partial charge in [-0.2, -0.15) is 5.10 Å². The fourth-order valence-corrected chi connectivity index (χ4v) is 4.10. The van der Waals surface area contributed by atoms with Crippen LogP contribution in [0, 0.1) is 0 Å². The van der Waals surface area contributed by atoms with Crippen LogP contribution in [0.2, 0.25) is 0 Å². The van der Waals surface area contributed by atoms with E-state index in [1.54, 1.807) is 13.1 Å². The van der Waals surface area contributed by atoms with Gasteiger partial charge in [0.05, 0.1) is 5.69 Å². The average molecular weight is 476 g/mol. The number of benzene rings is 1. The predicted molar refractivity (Wildman–Crippen MR) is 152 cm³/mol.